The molecule has 0 aliphatic heterocycles. The van der Waals surface area contributed by atoms with Crippen molar-refractivity contribution in [3.63, 3.8) is 0 Å². The molecule has 22 heavy (non-hydrogen) atoms. The van der Waals surface area contributed by atoms with Crippen LogP contribution in [0.1, 0.15) is 0 Å². The Morgan fingerprint density at radius 1 is 0.636 bits per heavy atom. The second kappa shape index (κ2) is 4.34. The molecule has 0 N–H and O–H groups in total. The van der Waals surface area contributed by atoms with Crippen LogP contribution in [-0.4, -0.2) is 0 Å². The molecule has 0 spiro atoms. The van der Waals surface area contributed by atoms with Crippen molar-refractivity contribution in [3.05, 3.63) is 71.2 Å². The SMILES string of the molecule is Brc1ccc2c(c1)c1ccccc1c1oc3ccccc3c21. The maximum Gasteiger partial charge on any atom is 0.143 e. The van der Waals surface area contributed by atoms with Crippen LogP contribution in [0, 0.1) is 0 Å². The van der Waals surface area contributed by atoms with Gasteiger partial charge in [-0.25, -0.2) is 0 Å². The average Bonchev–Trinajstić information content (AvgIpc) is 2.95. The van der Waals surface area contributed by atoms with Crippen molar-refractivity contribution in [2.75, 3.05) is 0 Å². The zero-order chi connectivity index (χ0) is 14.7. The highest BCUT2D eigenvalue weighted by Crippen LogP contribution is 2.41. The highest BCUT2D eigenvalue weighted by Gasteiger charge is 2.15. The molecule has 2 heteroatoms. The number of hydrogen-bond acceptors (Lipinski definition) is 1. The van der Waals surface area contributed by atoms with Gasteiger partial charge in [-0.1, -0.05) is 64.5 Å². The molecule has 4 aromatic carbocycles. The highest BCUT2D eigenvalue weighted by atomic mass is 79.9. The Morgan fingerprint density at radius 3 is 2.23 bits per heavy atom. The molecule has 0 radical (unpaired) electrons. The van der Waals surface area contributed by atoms with E-state index >= 15 is 0 Å². The molecule has 1 nitrogen and oxygen atoms in total. The van der Waals surface area contributed by atoms with Crippen molar-refractivity contribution in [3.8, 4) is 0 Å². The summed E-state index contributed by atoms with van der Waals surface area (Å²) in [4.78, 5) is 0. The van der Waals surface area contributed by atoms with E-state index in [9.17, 15) is 0 Å². The molecular weight excluding hydrogens is 336 g/mol. The zero-order valence-electron chi connectivity index (χ0n) is 11.6. The third-order valence-corrected chi connectivity index (χ3v) is 4.80. The molecule has 0 saturated carbocycles. The topological polar surface area (TPSA) is 13.1 Å². The summed E-state index contributed by atoms with van der Waals surface area (Å²) in [5.74, 6) is 0. The van der Waals surface area contributed by atoms with Gasteiger partial charge in [0.05, 0.1) is 0 Å². The first kappa shape index (κ1) is 12.2. The normalized spacial score (nSPS) is 11.9. The summed E-state index contributed by atoms with van der Waals surface area (Å²) in [6, 6.07) is 23.2. The van der Waals surface area contributed by atoms with Crippen LogP contribution in [0.5, 0.6) is 0 Å². The fourth-order valence-electron chi connectivity index (χ4n) is 3.38. The third-order valence-electron chi connectivity index (χ3n) is 4.31. The van der Waals surface area contributed by atoms with E-state index in [-0.39, 0.29) is 0 Å². The maximum atomic E-state index is 6.19. The maximum absolute atomic E-state index is 6.19. The molecular formula is C20H11BrO. The molecule has 0 amide bonds. The van der Waals surface area contributed by atoms with E-state index in [1.54, 1.807) is 0 Å². The van der Waals surface area contributed by atoms with Crippen molar-refractivity contribution >= 4 is 59.4 Å². The van der Waals surface area contributed by atoms with Crippen LogP contribution in [-0.2, 0) is 0 Å². The lowest BCUT2D eigenvalue weighted by atomic mass is 9.97. The number of benzene rings is 4. The van der Waals surface area contributed by atoms with Gasteiger partial charge in [0.15, 0.2) is 0 Å². The summed E-state index contributed by atoms with van der Waals surface area (Å²) in [7, 11) is 0. The van der Waals surface area contributed by atoms with E-state index in [2.05, 4.69) is 70.5 Å². The molecule has 0 aliphatic rings. The van der Waals surface area contributed by atoms with Crippen molar-refractivity contribution in [1.82, 2.24) is 0 Å². The quantitative estimate of drug-likeness (QED) is 0.286. The van der Waals surface area contributed by atoms with E-state index in [1.165, 1.54) is 32.3 Å². The van der Waals surface area contributed by atoms with Crippen molar-refractivity contribution in [1.29, 1.82) is 0 Å². The third kappa shape index (κ3) is 1.53. The first-order valence-corrected chi connectivity index (χ1v) is 8.03. The van der Waals surface area contributed by atoms with Crippen molar-refractivity contribution in [2.45, 2.75) is 0 Å². The van der Waals surface area contributed by atoms with Gasteiger partial charge in [0, 0.05) is 20.6 Å². The molecule has 1 aromatic heterocycles. The van der Waals surface area contributed by atoms with E-state index < -0.39 is 0 Å². The van der Waals surface area contributed by atoms with Gasteiger partial charge in [-0.05, 0) is 34.4 Å². The van der Waals surface area contributed by atoms with E-state index in [1.807, 2.05) is 12.1 Å². The fourth-order valence-corrected chi connectivity index (χ4v) is 3.74. The molecule has 0 fully saturated rings. The van der Waals surface area contributed by atoms with Crippen LogP contribution < -0.4 is 0 Å². The summed E-state index contributed by atoms with van der Waals surface area (Å²) < 4.78 is 7.29. The van der Waals surface area contributed by atoms with Gasteiger partial charge in [0.2, 0.25) is 0 Å². The summed E-state index contributed by atoms with van der Waals surface area (Å²) >= 11 is 3.60. The number of para-hydroxylation sites is 1. The lowest BCUT2D eigenvalue weighted by molar-refractivity contribution is 0.673. The Hall–Kier alpha value is -2.32. The van der Waals surface area contributed by atoms with Crippen LogP contribution in [0.15, 0.2) is 75.6 Å². The number of hydrogen-bond donors (Lipinski definition) is 0. The summed E-state index contributed by atoms with van der Waals surface area (Å²) in [6.07, 6.45) is 0. The Kier molecular flexibility index (Phi) is 2.42. The Balaban J connectivity index is 2.23. The molecule has 1 heterocycles. The summed E-state index contributed by atoms with van der Waals surface area (Å²) in [5, 5.41) is 7.27. The molecule has 0 aliphatic carbocycles. The highest BCUT2D eigenvalue weighted by molar-refractivity contribution is 9.10. The number of rotatable bonds is 0. The standard InChI is InChI=1S/C20H11BrO/c21-12-9-10-14-17(11-12)13-5-1-2-6-15(13)20-19(14)16-7-3-4-8-18(16)22-20/h1-11H. The monoisotopic (exact) mass is 346 g/mol. The van der Waals surface area contributed by atoms with Crippen LogP contribution in [0.4, 0.5) is 0 Å². The minimum Gasteiger partial charge on any atom is -0.455 e. The first-order valence-electron chi connectivity index (χ1n) is 7.24. The summed E-state index contributed by atoms with van der Waals surface area (Å²) in [5.41, 5.74) is 1.92. The second-order valence-corrected chi connectivity index (χ2v) is 6.45. The van der Waals surface area contributed by atoms with Gasteiger partial charge in [-0.3, -0.25) is 0 Å². The first-order chi connectivity index (χ1) is 10.8. The zero-order valence-corrected chi connectivity index (χ0v) is 13.2. The predicted molar refractivity (Wildman–Crippen MR) is 96.4 cm³/mol. The van der Waals surface area contributed by atoms with Crippen molar-refractivity contribution < 1.29 is 4.42 Å². The minimum absolute atomic E-state index is 0.943. The molecule has 5 aromatic rings. The Labute approximate surface area is 135 Å². The van der Waals surface area contributed by atoms with Gasteiger partial charge in [-0.2, -0.15) is 0 Å². The fraction of sp³-hybridized carbons (Fsp3) is 0. The van der Waals surface area contributed by atoms with Gasteiger partial charge in [0.1, 0.15) is 11.2 Å². The van der Waals surface area contributed by atoms with Gasteiger partial charge >= 0.3 is 0 Å². The molecule has 0 saturated heterocycles. The van der Waals surface area contributed by atoms with E-state index in [0.29, 0.717) is 0 Å². The predicted octanol–water partition coefficient (Wildman–Crippen LogP) is 6.65. The number of fused-ring (bicyclic) bond motifs is 8. The van der Waals surface area contributed by atoms with Crippen LogP contribution >= 0.6 is 15.9 Å². The molecule has 0 bridgehead atoms. The molecule has 104 valence electrons. The van der Waals surface area contributed by atoms with Gasteiger partial charge < -0.3 is 4.42 Å². The number of furan rings is 1. The lowest BCUT2D eigenvalue weighted by Crippen LogP contribution is -1.80. The van der Waals surface area contributed by atoms with Crippen molar-refractivity contribution in [2.24, 2.45) is 0 Å². The minimum atomic E-state index is 0.943. The molecule has 0 unspecified atom stereocenters. The largest absolute Gasteiger partial charge is 0.455 e. The lowest BCUT2D eigenvalue weighted by Gasteiger charge is -2.06. The van der Waals surface area contributed by atoms with Crippen LogP contribution in [0.25, 0.3) is 43.5 Å². The number of halogens is 1. The van der Waals surface area contributed by atoms with E-state index in [4.69, 9.17) is 4.42 Å². The second-order valence-electron chi connectivity index (χ2n) is 5.54. The van der Waals surface area contributed by atoms with Crippen LogP contribution in [0.3, 0.4) is 0 Å². The van der Waals surface area contributed by atoms with Gasteiger partial charge in [-0.15, -0.1) is 0 Å². The smallest absolute Gasteiger partial charge is 0.143 e. The average molecular weight is 347 g/mol. The Bertz CT molecular complexity index is 1180. The van der Waals surface area contributed by atoms with Crippen LogP contribution in [0.2, 0.25) is 0 Å². The molecule has 0 atom stereocenters. The van der Waals surface area contributed by atoms with Gasteiger partial charge in [0.25, 0.3) is 0 Å². The summed E-state index contributed by atoms with van der Waals surface area (Å²) in [6.45, 7) is 0. The van der Waals surface area contributed by atoms with E-state index in [0.717, 1.165) is 15.6 Å². The molecule has 5 rings (SSSR count). The Morgan fingerprint density at radius 2 is 1.36 bits per heavy atom.